The molecule has 0 bridgehead atoms. The largest absolute Gasteiger partial charge is 0.327 e. The van der Waals surface area contributed by atoms with Crippen molar-refractivity contribution in [2.24, 2.45) is 11.7 Å². The molecule has 17 heavy (non-hydrogen) atoms. The van der Waals surface area contributed by atoms with Crippen molar-refractivity contribution in [1.82, 2.24) is 0 Å². The fraction of sp³-hybridized carbons (Fsp3) is 0.500. The van der Waals surface area contributed by atoms with Crippen molar-refractivity contribution >= 4 is 5.69 Å². The Hall–Kier alpha value is -1.49. The fourth-order valence-corrected chi connectivity index (χ4v) is 1.56. The van der Waals surface area contributed by atoms with Gasteiger partial charge in [0.15, 0.2) is 0 Å². The first kappa shape index (κ1) is 13.6. The fourth-order valence-electron chi connectivity index (χ4n) is 1.56. The average molecular weight is 240 g/mol. The summed E-state index contributed by atoms with van der Waals surface area (Å²) in [5.74, 6) is -0.426. The summed E-state index contributed by atoms with van der Waals surface area (Å²) in [5.41, 5.74) is 5.74. The standard InChI is InChI=1S/C12H17FN2O2/c1-8(2)10(14)7-6-9-4-3-5-11(12(9)13)15(16)17/h3-5,8,10H,6-7,14H2,1-2H3. The SMILES string of the molecule is CC(C)C(N)CCc1cccc([N+](=O)[O-])c1F. The molecule has 0 spiro atoms. The van der Waals surface area contributed by atoms with E-state index in [1.807, 2.05) is 13.8 Å². The second-order valence-corrected chi connectivity index (χ2v) is 4.45. The number of benzene rings is 1. The minimum absolute atomic E-state index is 0.0198. The van der Waals surface area contributed by atoms with Crippen molar-refractivity contribution in [3.05, 3.63) is 39.7 Å². The van der Waals surface area contributed by atoms with Gasteiger partial charge in [-0.15, -0.1) is 0 Å². The Morgan fingerprint density at radius 2 is 2.12 bits per heavy atom. The molecular formula is C12H17FN2O2. The third kappa shape index (κ3) is 3.49. The first-order chi connectivity index (χ1) is 7.93. The zero-order valence-corrected chi connectivity index (χ0v) is 10.0. The second kappa shape index (κ2) is 5.72. The summed E-state index contributed by atoms with van der Waals surface area (Å²) in [4.78, 5) is 9.85. The van der Waals surface area contributed by atoms with Gasteiger partial charge in [0.2, 0.25) is 5.82 Å². The Kier molecular flexibility index (Phi) is 4.57. The van der Waals surface area contributed by atoms with Crippen molar-refractivity contribution in [3.63, 3.8) is 0 Å². The quantitative estimate of drug-likeness (QED) is 0.635. The van der Waals surface area contributed by atoms with Gasteiger partial charge in [-0.3, -0.25) is 10.1 Å². The van der Waals surface area contributed by atoms with Gasteiger partial charge >= 0.3 is 5.69 Å². The first-order valence-corrected chi connectivity index (χ1v) is 5.60. The molecule has 0 saturated heterocycles. The Labute approximate surface area is 99.8 Å². The van der Waals surface area contributed by atoms with Crippen LogP contribution in [-0.4, -0.2) is 11.0 Å². The van der Waals surface area contributed by atoms with Crippen LogP contribution in [0.25, 0.3) is 0 Å². The smallest absolute Gasteiger partial charge is 0.305 e. The Balaban J connectivity index is 2.79. The molecule has 94 valence electrons. The molecule has 0 aliphatic rings. The Bertz CT molecular complexity index is 407. The van der Waals surface area contributed by atoms with Gasteiger partial charge in [0.25, 0.3) is 0 Å². The molecule has 2 N–H and O–H groups in total. The van der Waals surface area contributed by atoms with Gasteiger partial charge < -0.3 is 5.73 Å². The maximum absolute atomic E-state index is 13.7. The highest BCUT2D eigenvalue weighted by Crippen LogP contribution is 2.21. The third-order valence-corrected chi connectivity index (χ3v) is 2.86. The van der Waals surface area contributed by atoms with Gasteiger partial charge in [0.1, 0.15) is 0 Å². The van der Waals surface area contributed by atoms with Crippen LogP contribution in [0.15, 0.2) is 18.2 Å². The van der Waals surface area contributed by atoms with Crippen LogP contribution in [0.4, 0.5) is 10.1 Å². The normalized spacial score (nSPS) is 12.8. The van der Waals surface area contributed by atoms with E-state index in [-0.39, 0.29) is 6.04 Å². The molecular weight excluding hydrogens is 223 g/mol. The van der Waals surface area contributed by atoms with E-state index in [0.29, 0.717) is 24.3 Å². The highest BCUT2D eigenvalue weighted by molar-refractivity contribution is 5.36. The van der Waals surface area contributed by atoms with Crippen LogP contribution in [0.5, 0.6) is 0 Å². The lowest BCUT2D eigenvalue weighted by molar-refractivity contribution is -0.387. The van der Waals surface area contributed by atoms with Crippen LogP contribution >= 0.6 is 0 Å². The van der Waals surface area contributed by atoms with E-state index in [2.05, 4.69) is 0 Å². The Morgan fingerprint density at radius 3 is 2.65 bits per heavy atom. The van der Waals surface area contributed by atoms with Crippen LogP contribution in [0.1, 0.15) is 25.8 Å². The summed E-state index contributed by atoms with van der Waals surface area (Å²) >= 11 is 0. The lowest BCUT2D eigenvalue weighted by Crippen LogP contribution is -2.26. The molecule has 0 amide bonds. The molecule has 0 radical (unpaired) electrons. The molecule has 5 heteroatoms. The summed E-state index contributed by atoms with van der Waals surface area (Å²) < 4.78 is 13.7. The van der Waals surface area contributed by atoms with Gasteiger partial charge in [0.05, 0.1) is 4.92 Å². The predicted molar refractivity (Wildman–Crippen MR) is 64.2 cm³/mol. The maximum Gasteiger partial charge on any atom is 0.305 e. The molecule has 1 rings (SSSR count). The monoisotopic (exact) mass is 240 g/mol. The van der Waals surface area contributed by atoms with Crippen molar-refractivity contribution in [2.75, 3.05) is 0 Å². The number of aryl methyl sites for hydroxylation is 1. The molecule has 4 nitrogen and oxygen atoms in total. The second-order valence-electron chi connectivity index (χ2n) is 4.45. The summed E-state index contributed by atoms with van der Waals surface area (Å²) in [7, 11) is 0. The van der Waals surface area contributed by atoms with Crippen LogP contribution < -0.4 is 5.73 Å². The van der Waals surface area contributed by atoms with E-state index < -0.39 is 16.4 Å². The number of rotatable bonds is 5. The molecule has 1 aromatic rings. The van der Waals surface area contributed by atoms with Gasteiger partial charge in [-0.1, -0.05) is 26.0 Å². The van der Waals surface area contributed by atoms with Gasteiger partial charge in [0, 0.05) is 12.1 Å². The zero-order valence-electron chi connectivity index (χ0n) is 10.0. The van der Waals surface area contributed by atoms with Crippen molar-refractivity contribution < 1.29 is 9.31 Å². The molecule has 0 aliphatic heterocycles. The molecule has 0 heterocycles. The van der Waals surface area contributed by atoms with Crippen LogP contribution in [0.3, 0.4) is 0 Å². The third-order valence-electron chi connectivity index (χ3n) is 2.86. The summed E-state index contributed by atoms with van der Waals surface area (Å²) in [6.45, 7) is 3.99. The van der Waals surface area contributed by atoms with E-state index in [1.54, 1.807) is 6.07 Å². The number of halogens is 1. The molecule has 1 unspecified atom stereocenters. The van der Waals surface area contributed by atoms with E-state index >= 15 is 0 Å². The summed E-state index contributed by atoms with van der Waals surface area (Å²) in [5, 5.41) is 10.6. The molecule has 0 aromatic heterocycles. The number of nitro groups is 1. The predicted octanol–water partition coefficient (Wildman–Crippen LogP) is 2.65. The lowest BCUT2D eigenvalue weighted by atomic mass is 9.97. The van der Waals surface area contributed by atoms with Crippen LogP contribution in [-0.2, 0) is 6.42 Å². The van der Waals surface area contributed by atoms with Crippen molar-refractivity contribution in [2.45, 2.75) is 32.7 Å². The summed E-state index contributed by atoms with van der Waals surface area (Å²) in [6, 6.07) is 4.21. The van der Waals surface area contributed by atoms with E-state index in [4.69, 9.17) is 5.73 Å². The van der Waals surface area contributed by atoms with E-state index in [0.717, 1.165) is 0 Å². The van der Waals surface area contributed by atoms with Crippen molar-refractivity contribution in [1.29, 1.82) is 0 Å². The zero-order chi connectivity index (χ0) is 13.0. The van der Waals surface area contributed by atoms with Gasteiger partial charge in [-0.2, -0.15) is 4.39 Å². The molecule has 1 aromatic carbocycles. The number of hydrogen-bond donors (Lipinski definition) is 1. The minimum Gasteiger partial charge on any atom is -0.327 e. The van der Waals surface area contributed by atoms with Gasteiger partial charge in [-0.05, 0) is 24.3 Å². The van der Waals surface area contributed by atoms with Crippen LogP contribution in [0.2, 0.25) is 0 Å². The van der Waals surface area contributed by atoms with Crippen LogP contribution in [0, 0.1) is 21.8 Å². The number of hydrogen-bond acceptors (Lipinski definition) is 3. The Morgan fingerprint density at radius 1 is 1.47 bits per heavy atom. The van der Waals surface area contributed by atoms with E-state index in [1.165, 1.54) is 12.1 Å². The molecule has 0 saturated carbocycles. The van der Waals surface area contributed by atoms with E-state index in [9.17, 15) is 14.5 Å². The first-order valence-electron chi connectivity index (χ1n) is 5.60. The number of nitrogens with two attached hydrogens (primary N) is 1. The molecule has 0 aliphatic carbocycles. The lowest BCUT2D eigenvalue weighted by Gasteiger charge is -2.15. The molecule has 0 fully saturated rings. The summed E-state index contributed by atoms with van der Waals surface area (Å²) in [6.07, 6.45) is 1.04. The number of nitrogens with zero attached hydrogens (tertiary/aromatic N) is 1. The molecule has 1 atom stereocenters. The number of nitro benzene ring substituents is 1. The maximum atomic E-state index is 13.7. The highest BCUT2D eigenvalue weighted by atomic mass is 19.1. The van der Waals surface area contributed by atoms with Gasteiger partial charge in [-0.25, -0.2) is 0 Å². The van der Waals surface area contributed by atoms with Crippen molar-refractivity contribution in [3.8, 4) is 0 Å². The highest BCUT2D eigenvalue weighted by Gasteiger charge is 2.17. The minimum atomic E-state index is -0.742. The topological polar surface area (TPSA) is 69.2 Å². The average Bonchev–Trinajstić information content (AvgIpc) is 2.26.